The van der Waals surface area contributed by atoms with E-state index in [-0.39, 0.29) is 16.4 Å². The van der Waals surface area contributed by atoms with Crippen molar-refractivity contribution in [2.45, 2.75) is 13.8 Å². The molecule has 2 rings (SSSR count). The molecule has 0 aliphatic carbocycles. The Bertz CT molecular complexity index is 831. The van der Waals surface area contributed by atoms with Crippen molar-refractivity contribution < 1.29 is 15.0 Å². The lowest BCUT2D eigenvalue weighted by Gasteiger charge is -2.21. The zero-order valence-electron chi connectivity index (χ0n) is 13.4. The van der Waals surface area contributed by atoms with Gasteiger partial charge >= 0.3 is 10.7 Å². The van der Waals surface area contributed by atoms with Crippen LogP contribution in [0.1, 0.15) is 13.8 Å². The number of aromatic hydroxyl groups is 1. The third-order valence-electron chi connectivity index (χ3n) is 3.39. The number of phenolic OH excluding ortho intramolecular Hbond substituents is 1. The van der Waals surface area contributed by atoms with Crippen molar-refractivity contribution in [2.24, 2.45) is 10.2 Å². The van der Waals surface area contributed by atoms with Crippen LogP contribution in [0.2, 0.25) is 0 Å². The Labute approximate surface area is 146 Å². The minimum absolute atomic E-state index is 0.112. The topological polar surface area (TPSA) is 134 Å². The summed E-state index contributed by atoms with van der Waals surface area (Å²) in [6.45, 7) is 5.50. The minimum Gasteiger partial charge on any atom is -0.506 e. The van der Waals surface area contributed by atoms with E-state index in [1.807, 2.05) is 18.7 Å². The molecule has 0 spiro atoms. The summed E-state index contributed by atoms with van der Waals surface area (Å²) < 4.78 is 0. The van der Waals surface area contributed by atoms with Gasteiger partial charge in [0.1, 0.15) is 17.5 Å². The number of nitrogens with zero attached hydrogens (tertiary/aromatic N) is 5. The lowest BCUT2D eigenvalue weighted by Crippen LogP contribution is -2.21. The van der Waals surface area contributed by atoms with Gasteiger partial charge in [-0.3, -0.25) is 20.2 Å². The van der Waals surface area contributed by atoms with E-state index in [1.54, 1.807) is 6.07 Å². The molecule has 1 heterocycles. The number of hydrogen-bond donors (Lipinski definition) is 1. The first kappa shape index (κ1) is 18.3. The van der Waals surface area contributed by atoms with Gasteiger partial charge in [-0.05, 0) is 37.3 Å². The summed E-state index contributed by atoms with van der Waals surface area (Å²) in [7, 11) is 0. The van der Waals surface area contributed by atoms with E-state index in [4.69, 9.17) is 0 Å². The Morgan fingerprint density at radius 3 is 2.32 bits per heavy atom. The molecule has 0 bridgehead atoms. The second-order valence-corrected chi connectivity index (χ2v) is 5.84. The molecule has 2 aromatic rings. The number of rotatable bonds is 7. The van der Waals surface area contributed by atoms with Crippen LogP contribution in [0.4, 0.5) is 27.1 Å². The molecule has 0 amide bonds. The highest BCUT2D eigenvalue weighted by atomic mass is 32.1. The molecule has 0 radical (unpaired) electrons. The fourth-order valence-electron chi connectivity index (χ4n) is 2.13. The number of azo groups is 1. The second kappa shape index (κ2) is 7.66. The molecule has 0 unspecified atom stereocenters. The van der Waals surface area contributed by atoms with Gasteiger partial charge in [0, 0.05) is 24.8 Å². The fraction of sp³-hybridized carbons (Fsp3) is 0.286. The van der Waals surface area contributed by atoms with E-state index in [1.165, 1.54) is 12.1 Å². The van der Waals surface area contributed by atoms with E-state index < -0.39 is 20.5 Å². The van der Waals surface area contributed by atoms with Gasteiger partial charge in [-0.1, -0.05) is 0 Å². The predicted octanol–water partition coefficient (Wildman–Crippen LogP) is 4.53. The molecule has 0 aliphatic rings. The average Bonchev–Trinajstić information content (AvgIpc) is 3.00. The van der Waals surface area contributed by atoms with Crippen molar-refractivity contribution >= 4 is 38.4 Å². The SMILES string of the molecule is CCN(CC)c1ccc(N=Nc2sc([N+](=O)[O-])cc2[N+](=O)[O-])c(O)c1. The van der Waals surface area contributed by atoms with Crippen molar-refractivity contribution in [3.63, 3.8) is 0 Å². The summed E-state index contributed by atoms with van der Waals surface area (Å²) in [6.07, 6.45) is 0. The fourth-order valence-corrected chi connectivity index (χ4v) is 2.90. The molecule has 0 fully saturated rings. The van der Waals surface area contributed by atoms with Crippen LogP contribution in [0.15, 0.2) is 34.5 Å². The Morgan fingerprint density at radius 2 is 1.80 bits per heavy atom. The van der Waals surface area contributed by atoms with E-state index in [0.29, 0.717) is 11.3 Å². The Balaban J connectivity index is 2.33. The van der Waals surface area contributed by atoms with Crippen LogP contribution < -0.4 is 4.90 Å². The molecule has 1 aromatic carbocycles. The zero-order chi connectivity index (χ0) is 18.6. The van der Waals surface area contributed by atoms with Crippen LogP contribution in [0.3, 0.4) is 0 Å². The summed E-state index contributed by atoms with van der Waals surface area (Å²) in [4.78, 5) is 22.2. The van der Waals surface area contributed by atoms with Gasteiger partial charge in [0.05, 0.1) is 9.85 Å². The summed E-state index contributed by atoms with van der Waals surface area (Å²) in [5.74, 6) is -0.137. The van der Waals surface area contributed by atoms with E-state index in [9.17, 15) is 25.3 Å². The number of nitro groups is 2. The van der Waals surface area contributed by atoms with Gasteiger partial charge in [-0.15, -0.1) is 10.2 Å². The molecule has 25 heavy (non-hydrogen) atoms. The van der Waals surface area contributed by atoms with Gasteiger partial charge in [0.15, 0.2) is 0 Å². The summed E-state index contributed by atoms with van der Waals surface area (Å²) in [6, 6.07) is 5.63. The van der Waals surface area contributed by atoms with Crippen LogP contribution in [-0.4, -0.2) is 28.0 Å². The van der Waals surface area contributed by atoms with Crippen molar-refractivity contribution in [3.8, 4) is 5.75 Å². The molecule has 1 aromatic heterocycles. The van der Waals surface area contributed by atoms with Crippen LogP contribution in [-0.2, 0) is 0 Å². The minimum atomic E-state index is -0.763. The summed E-state index contributed by atoms with van der Waals surface area (Å²) in [5, 5.41) is 38.6. The third-order valence-corrected chi connectivity index (χ3v) is 4.35. The maximum Gasteiger partial charge on any atom is 0.333 e. The number of anilines is 1. The Kier molecular flexibility index (Phi) is 5.60. The number of thiophene rings is 1. The summed E-state index contributed by atoms with van der Waals surface area (Å²) >= 11 is 0.545. The first-order valence-corrected chi connectivity index (χ1v) is 8.11. The van der Waals surface area contributed by atoms with Gasteiger partial charge < -0.3 is 10.0 Å². The van der Waals surface area contributed by atoms with E-state index >= 15 is 0 Å². The molecule has 11 heteroatoms. The normalized spacial score (nSPS) is 11.0. The molecule has 1 N–H and O–H groups in total. The van der Waals surface area contributed by atoms with Gasteiger partial charge in [-0.2, -0.15) is 0 Å². The molecule has 0 saturated heterocycles. The highest BCUT2D eigenvalue weighted by molar-refractivity contribution is 7.19. The Hall–Kier alpha value is -3.08. The number of hydrogen-bond acceptors (Lipinski definition) is 9. The highest BCUT2D eigenvalue weighted by Crippen LogP contribution is 2.42. The van der Waals surface area contributed by atoms with Gasteiger partial charge in [-0.25, -0.2) is 0 Å². The molecule has 0 atom stereocenters. The number of benzene rings is 1. The lowest BCUT2D eigenvalue weighted by atomic mass is 10.2. The van der Waals surface area contributed by atoms with Crippen LogP contribution in [0.25, 0.3) is 0 Å². The van der Waals surface area contributed by atoms with Crippen LogP contribution in [0.5, 0.6) is 5.75 Å². The average molecular weight is 365 g/mol. The highest BCUT2D eigenvalue weighted by Gasteiger charge is 2.25. The third kappa shape index (κ3) is 4.07. The van der Waals surface area contributed by atoms with Crippen molar-refractivity contribution in [1.29, 1.82) is 0 Å². The van der Waals surface area contributed by atoms with Crippen molar-refractivity contribution in [2.75, 3.05) is 18.0 Å². The van der Waals surface area contributed by atoms with E-state index in [0.717, 1.165) is 24.8 Å². The zero-order valence-corrected chi connectivity index (χ0v) is 14.3. The van der Waals surface area contributed by atoms with Gasteiger partial charge in [0.25, 0.3) is 0 Å². The molecule has 10 nitrogen and oxygen atoms in total. The maximum absolute atomic E-state index is 11.0. The second-order valence-electron chi connectivity index (χ2n) is 4.83. The lowest BCUT2D eigenvalue weighted by molar-refractivity contribution is -0.389. The number of phenols is 1. The molecule has 0 saturated carbocycles. The molecule has 132 valence electrons. The van der Waals surface area contributed by atoms with Crippen molar-refractivity contribution in [1.82, 2.24) is 0 Å². The monoisotopic (exact) mass is 365 g/mol. The van der Waals surface area contributed by atoms with Crippen LogP contribution >= 0.6 is 11.3 Å². The maximum atomic E-state index is 11.0. The standard InChI is InChI=1S/C14H15N5O5S/c1-3-17(4-2)9-5-6-10(12(20)7-9)15-16-14-11(18(21)22)8-13(25-14)19(23)24/h5-8,20H,3-4H2,1-2H3. The Morgan fingerprint density at radius 1 is 1.12 bits per heavy atom. The smallest absolute Gasteiger partial charge is 0.333 e. The van der Waals surface area contributed by atoms with Crippen molar-refractivity contribution in [3.05, 3.63) is 44.5 Å². The van der Waals surface area contributed by atoms with Gasteiger partial charge in [0.2, 0.25) is 5.00 Å². The van der Waals surface area contributed by atoms with E-state index in [2.05, 4.69) is 10.2 Å². The van der Waals surface area contributed by atoms with Crippen LogP contribution in [0, 0.1) is 20.2 Å². The quantitative estimate of drug-likeness (QED) is 0.435. The summed E-state index contributed by atoms with van der Waals surface area (Å²) in [5.41, 5.74) is 0.417. The molecule has 0 aliphatic heterocycles. The molecular formula is C14H15N5O5S. The first-order valence-electron chi connectivity index (χ1n) is 7.29. The predicted molar refractivity (Wildman–Crippen MR) is 93.5 cm³/mol. The molecular weight excluding hydrogens is 350 g/mol. The largest absolute Gasteiger partial charge is 0.506 e. The first-order chi connectivity index (χ1) is 11.9.